The number of hydrogen-bond donors (Lipinski definition) is 3. The summed E-state index contributed by atoms with van der Waals surface area (Å²) in [7, 11) is 0. The fourth-order valence-corrected chi connectivity index (χ4v) is 2.38. The van der Waals surface area contributed by atoms with E-state index in [9.17, 15) is 10.2 Å². The van der Waals surface area contributed by atoms with Crippen molar-refractivity contribution >= 4 is 0 Å². The van der Waals surface area contributed by atoms with Crippen LogP contribution < -0.4 is 5.73 Å². The van der Waals surface area contributed by atoms with Crippen LogP contribution in [-0.4, -0.2) is 52.9 Å². The molecule has 2 aliphatic heterocycles. The molecule has 4 N–H and O–H groups in total. The molecular formula is C17H37NO4. The normalized spacial score (nSPS) is 36.3. The monoisotopic (exact) mass is 319 g/mol. The Morgan fingerprint density at radius 1 is 0.864 bits per heavy atom. The average Bonchev–Trinajstić information content (AvgIpc) is 2.41. The van der Waals surface area contributed by atoms with Gasteiger partial charge in [0.1, 0.15) is 0 Å². The summed E-state index contributed by atoms with van der Waals surface area (Å²) < 4.78 is 10.9. The highest BCUT2D eigenvalue weighted by Gasteiger charge is 2.32. The Labute approximate surface area is 136 Å². The van der Waals surface area contributed by atoms with Gasteiger partial charge in [0.05, 0.1) is 42.7 Å². The summed E-state index contributed by atoms with van der Waals surface area (Å²) in [5.41, 5.74) is 5.21. The molecule has 0 spiro atoms. The summed E-state index contributed by atoms with van der Waals surface area (Å²) in [4.78, 5) is 0. The zero-order chi connectivity index (χ0) is 17.6. The summed E-state index contributed by atoms with van der Waals surface area (Å²) in [6, 6.07) is -0.201. The summed E-state index contributed by atoms with van der Waals surface area (Å²) >= 11 is 0. The Kier molecular flexibility index (Phi) is 9.10. The van der Waals surface area contributed by atoms with Gasteiger partial charge >= 0.3 is 0 Å². The van der Waals surface area contributed by atoms with Crippen LogP contribution in [0.25, 0.3) is 0 Å². The lowest BCUT2D eigenvalue weighted by Crippen LogP contribution is -2.50. The third-order valence-corrected chi connectivity index (χ3v) is 3.96. The smallest absolute Gasteiger partial charge is 0.0740 e. The molecule has 0 saturated carbocycles. The molecular weight excluding hydrogens is 282 g/mol. The van der Waals surface area contributed by atoms with Crippen molar-refractivity contribution in [2.45, 2.75) is 90.8 Å². The minimum Gasteiger partial charge on any atom is -0.393 e. The third-order valence-electron chi connectivity index (χ3n) is 3.96. The van der Waals surface area contributed by atoms with E-state index in [0.29, 0.717) is 25.6 Å². The van der Waals surface area contributed by atoms with Crippen LogP contribution in [-0.2, 0) is 9.47 Å². The van der Waals surface area contributed by atoms with E-state index < -0.39 is 6.10 Å². The van der Waals surface area contributed by atoms with Crippen LogP contribution in [0.4, 0.5) is 0 Å². The molecule has 2 aliphatic rings. The van der Waals surface area contributed by atoms with Crippen LogP contribution in [0.5, 0.6) is 0 Å². The summed E-state index contributed by atoms with van der Waals surface area (Å²) in [6.45, 7) is 15.1. The van der Waals surface area contributed by atoms with Crippen LogP contribution in [0.1, 0.15) is 61.3 Å². The van der Waals surface area contributed by atoms with Crippen molar-refractivity contribution in [3.63, 3.8) is 0 Å². The molecule has 0 aromatic rings. The first kappa shape index (κ1) is 21.8. The van der Waals surface area contributed by atoms with Crippen LogP contribution in [0.2, 0.25) is 0 Å². The summed E-state index contributed by atoms with van der Waals surface area (Å²) in [5, 5.41) is 18.7. The highest BCUT2D eigenvalue weighted by molar-refractivity contribution is 4.85. The van der Waals surface area contributed by atoms with Crippen LogP contribution >= 0.6 is 0 Å². The van der Waals surface area contributed by atoms with E-state index in [2.05, 4.69) is 0 Å². The highest BCUT2D eigenvalue weighted by atomic mass is 16.5. The molecule has 0 aliphatic carbocycles. The standard InChI is InChI=1S/C8H16O2.C7H15NO2.C2H6/c1-6-5-10-8(2,3)4-7(6)9;1-7(2)3-6(9)5(8)4-10-7;1-2/h6-7,9H,4-5H2,1-3H3;5-6,9H,3-4,8H2,1-2H3;1-2H3/t6-,7-;5-,6-;/m11./s1. The molecule has 0 aromatic heterocycles. The maximum Gasteiger partial charge on any atom is 0.0740 e. The highest BCUT2D eigenvalue weighted by Crippen LogP contribution is 2.27. The molecule has 5 nitrogen and oxygen atoms in total. The molecule has 0 aromatic carbocycles. The van der Waals surface area contributed by atoms with E-state index in [1.165, 1.54) is 0 Å². The van der Waals surface area contributed by atoms with Crippen molar-refractivity contribution < 1.29 is 19.7 Å². The molecule has 0 bridgehead atoms. The molecule has 5 heteroatoms. The number of aliphatic hydroxyl groups excluding tert-OH is 2. The second kappa shape index (κ2) is 9.18. The second-order valence-corrected chi connectivity index (χ2v) is 7.33. The third kappa shape index (κ3) is 7.88. The number of rotatable bonds is 0. The number of aliphatic hydroxyl groups is 2. The van der Waals surface area contributed by atoms with Crippen molar-refractivity contribution in [3.05, 3.63) is 0 Å². The van der Waals surface area contributed by atoms with Crippen molar-refractivity contribution in [1.82, 2.24) is 0 Å². The van der Waals surface area contributed by atoms with Crippen LogP contribution in [0, 0.1) is 5.92 Å². The zero-order valence-corrected chi connectivity index (χ0v) is 15.4. The SMILES string of the molecule is CC.CC1(C)C[C@@H](O)[C@H](N)CO1.C[C@@H]1COC(C)(C)C[C@H]1O. The van der Waals surface area contributed by atoms with Gasteiger partial charge in [0, 0.05) is 18.8 Å². The van der Waals surface area contributed by atoms with Crippen molar-refractivity contribution in [2.24, 2.45) is 11.7 Å². The fraction of sp³-hybridized carbons (Fsp3) is 1.00. The maximum absolute atomic E-state index is 9.43. The second-order valence-electron chi connectivity index (χ2n) is 7.33. The molecule has 4 atom stereocenters. The van der Waals surface area contributed by atoms with Crippen LogP contribution in [0.15, 0.2) is 0 Å². The van der Waals surface area contributed by atoms with Gasteiger partial charge in [-0.25, -0.2) is 0 Å². The molecule has 2 saturated heterocycles. The molecule has 2 fully saturated rings. The first-order valence-electron chi connectivity index (χ1n) is 8.42. The predicted molar refractivity (Wildman–Crippen MR) is 89.8 cm³/mol. The zero-order valence-electron chi connectivity index (χ0n) is 15.4. The lowest BCUT2D eigenvalue weighted by molar-refractivity contribution is -0.124. The van der Waals surface area contributed by atoms with Crippen LogP contribution in [0.3, 0.4) is 0 Å². The average molecular weight is 319 g/mol. The van der Waals surface area contributed by atoms with E-state index in [-0.39, 0.29) is 23.3 Å². The molecule has 0 radical (unpaired) electrons. The molecule has 0 unspecified atom stereocenters. The lowest BCUT2D eigenvalue weighted by Gasteiger charge is -2.36. The minimum absolute atomic E-state index is 0.119. The number of hydrogen-bond acceptors (Lipinski definition) is 5. The topological polar surface area (TPSA) is 84.9 Å². The Hall–Kier alpha value is -0.200. The van der Waals surface area contributed by atoms with Crippen molar-refractivity contribution in [2.75, 3.05) is 13.2 Å². The first-order chi connectivity index (χ1) is 10.0. The van der Waals surface area contributed by atoms with Crippen molar-refractivity contribution in [3.8, 4) is 0 Å². The van der Waals surface area contributed by atoms with Gasteiger partial charge in [-0.05, 0) is 27.7 Å². The molecule has 134 valence electrons. The Balaban J connectivity index is 0.000000360. The Morgan fingerprint density at radius 3 is 1.59 bits per heavy atom. The first-order valence-corrected chi connectivity index (χ1v) is 8.42. The molecule has 2 rings (SSSR count). The molecule has 22 heavy (non-hydrogen) atoms. The number of nitrogens with two attached hydrogens (primary N) is 1. The lowest BCUT2D eigenvalue weighted by atomic mass is 9.90. The van der Waals surface area contributed by atoms with E-state index in [1.54, 1.807) is 0 Å². The molecule has 0 amide bonds. The van der Waals surface area contributed by atoms with Gasteiger partial charge in [0.15, 0.2) is 0 Å². The Bertz CT molecular complexity index is 277. The minimum atomic E-state index is -0.399. The van der Waals surface area contributed by atoms with Gasteiger partial charge in [0.25, 0.3) is 0 Å². The van der Waals surface area contributed by atoms with E-state index in [0.717, 1.165) is 6.42 Å². The largest absolute Gasteiger partial charge is 0.393 e. The summed E-state index contributed by atoms with van der Waals surface area (Å²) in [6.07, 6.45) is 0.815. The Morgan fingerprint density at radius 2 is 1.27 bits per heavy atom. The van der Waals surface area contributed by atoms with Gasteiger partial charge in [-0.2, -0.15) is 0 Å². The maximum atomic E-state index is 9.43. The van der Waals surface area contributed by atoms with Gasteiger partial charge in [0.2, 0.25) is 0 Å². The quantitative estimate of drug-likeness (QED) is 0.636. The van der Waals surface area contributed by atoms with E-state index in [4.69, 9.17) is 15.2 Å². The fourth-order valence-electron chi connectivity index (χ4n) is 2.38. The van der Waals surface area contributed by atoms with Gasteiger partial charge in [-0.15, -0.1) is 0 Å². The van der Waals surface area contributed by atoms with E-state index >= 15 is 0 Å². The van der Waals surface area contributed by atoms with Gasteiger partial charge in [-0.1, -0.05) is 20.8 Å². The van der Waals surface area contributed by atoms with E-state index in [1.807, 2.05) is 48.5 Å². The van der Waals surface area contributed by atoms with Gasteiger partial charge < -0.3 is 25.4 Å². The van der Waals surface area contributed by atoms with Crippen molar-refractivity contribution in [1.29, 1.82) is 0 Å². The summed E-state index contributed by atoms with van der Waals surface area (Å²) in [5.74, 6) is 0.299. The molecule has 2 heterocycles. The predicted octanol–water partition coefficient (Wildman–Crippen LogP) is 2.08. The van der Waals surface area contributed by atoms with Gasteiger partial charge in [-0.3, -0.25) is 0 Å². The number of ether oxygens (including phenoxy) is 2.